The van der Waals surface area contributed by atoms with Crippen LogP contribution < -0.4 is 0 Å². The zero-order valence-electron chi connectivity index (χ0n) is 6.33. The third-order valence-electron chi connectivity index (χ3n) is 2.22. The van der Waals surface area contributed by atoms with Crippen LogP contribution in [-0.4, -0.2) is 9.78 Å². The van der Waals surface area contributed by atoms with Crippen LogP contribution in [0, 0.1) is 12.3 Å². The lowest BCUT2D eigenvalue weighted by Crippen LogP contribution is -2.16. The van der Waals surface area contributed by atoms with Crippen LogP contribution in [0.4, 0.5) is 0 Å². The van der Waals surface area contributed by atoms with Gasteiger partial charge in [-0.3, -0.25) is 4.68 Å². The molecule has 0 spiro atoms. The monoisotopic (exact) mass is 146 g/mol. The molecule has 0 atom stereocenters. The summed E-state index contributed by atoms with van der Waals surface area (Å²) in [6.07, 6.45) is 12.8. The van der Waals surface area contributed by atoms with E-state index in [1.165, 1.54) is 19.3 Å². The predicted molar refractivity (Wildman–Crippen MR) is 43.1 cm³/mol. The molecule has 2 rings (SSSR count). The Hall–Kier alpha value is -1.23. The fourth-order valence-corrected chi connectivity index (χ4v) is 1.26. The van der Waals surface area contributed by atoms with Crippen molar-refractivity contribution in [2.24, 2.45) is 0 Å². The molecule has 2 heteroatoms. The van der Waals surface area contributed by atoms with E-state index in [4.69, 9.17) is 6.42 Å². The number of aromatic nitrogens is 2. The highest BCUT2D eigenvalue weighted by atomic mass is 15.3. The molecule has 0 radical (unpaired) electrons. The number of rotatable bonds is 1. The van der Waals surface area contributed by atoms with E-state index < -0.39 is 0 Å². The minimum Gasteiger partial charge on any atom is -0.268 e. The molecule has 0 N–H and O–H groups in total. The van der Waals surface area contributed by atoms with Gasteiger partial charge in [-0.15, -0.1) is 6.42 Å². The average Bonchev–Trinajstić information content (AvgIpc) is 2.32. The fraction of sp³-hybridized carbons (Fsp3) is 0.444. The maximum absolute atomic E-state index is 5.22. The van der Waals surface area contributed by atoms with Crippen LogP contribution >= 0.6 is 0 Å². The highest BCUT2D eigenvalue weighted by Crippen LogP contribution is 2.30. The second-order valence-electron chi connectivity index (χ2n) is 2.94. The topological polar surface area (TPSA) is 17.8 Å². The highest BCUT2D eigenvalue weighted by molar-refractivity contribution is 5.26. The molecule has 1 aromatic heterocycles. The standard InChI is InChI=1S/C9H10N2/c1-2-8-6-10-11(7-8)9-4-3-5-9/h1,6-7,9H,3-5H2. The molecule has 0 unspecified atom stereocenters. The molecule has 0 amide bonds. The first-order chi connectivity index (χ1) is 5.40. The summed E-state index contributed by atoms with van der Waals surface area (Å²) in [4.78, 5) is 0. The van der Waals surface area contributed by atoms with E-state index in [0.29, 0.717) is 6.04 Å². The van der Waals surface area contributed by atoms with Crippen LogP contribution in [0.3, 0.4) is 0 Å². The molecule has 2 nitrogen and oxygen atoms in total. The Morgan fingerprint density at radius 3 is 2.91 bits per heavy atom. The van der Waals surface area contributed by atoms with Crippen molar-refractivity contribution in [3.63, 3.8) is 0 Å². The molecule has 56 valence electrons. The van der Waals surface area contributed by atoms with Crippen LogP contribution in [0.15, 0.2) is 12.4 Å². The molecule has 0 aromatic carbocycles. The Morgan fingerprint density at radius 1 is 1.64 bits per heavy atom. The SMILES string of the molecule is C#Cc1cnn(C2CCC2)c1. The molecule has 1 aromatic rings. The van der Waals surface area contributed by atoms with E-state index >= 15 is 0 Å². The maximum atomic E-state index is 5.22. The zero-order valence-corrected chi connectivity index (χ0v) is 6.33. The first-order valence-corrected chi connectivity index (χ1v) is 3.91. The Bertz CT molecular complexity index is 289. The van der Waals surface area contributed by atoms with Crippen molar-refractivity contribution in [3.05, 3.63) is 18.0 Å². The predicted octanol–water partition coefficient (Wildman–Crippen LogP) is 1.59. The Morgan fingerprint density at radius 2 is 2.45 bits per heavy atom. The summed E-state index contributed by atoms with van der Waals surface area (Å²) < 4.78 is 1.98. The molecule has 0 aliphatic heterocycles. The van der Waals surface area contributed by atoms with E-state index in [1.807, 2.05) is 10.9 Å². The van der Waals surface area contributed by atoms with Gasteiger partial charge in [0, 0.05) is 6.20 Å². The van der Waals surface area contributed by atoms with Crippen LogP contribution in [0.5, 0.6) is 0 Å². The van der Waals surface area contributed by atoms with Crippen molar-refractivity contribution < 1.29 is 0 Å². The summed E-state index contributed by atoms with van der Waals surface area (Å²) in [5, 5.41) is 4.18. The summed E-state index contributed by atoms with van der Waals surface area (Å²) in [5.74, 6) is 2.57. The molecule has 0 saturated heterocycles. The van der Waals surface area contributed by atoms with E-state index in [0.717, 1.165) is 5.56 Å². The van der Waals surface area contributed by atoms with E-state index in [1.54, 1.807) is 6.20 Å². The Balaban J connectivity index is 2.19. The van der Waals surface area contributed by atoms with Crippen LogP contribution in [-0.2, 0) is 0 Å². The summed E-state index contributed by atoms with van der Waals surface area (Å²) in [6, 6.07) is 0.622. The minimum atomic E-state index is 0.622. The molecular weight excluding hydrogens is 136 g/mol. The van der Waals surface area contributed by atoms with Gasteiger partial charge in [-0.05, 0) is 19.3 Å². The summed E-state index contributed by atoms with van der Waals surface area (Å²) >= 11 is 0. The van der Waals surface area contributed by atoms with Gasteiger partial charge in [-0.2, -0.15) is 5.10 Å². The van der Waals surface area contributed by atoms with Crippen molar-refractivity contribution >= 4 is 0 Å². The molecule has 1 saturated carbocycles. The Labute approximate surface area is 66.2 Å². The van der Waals surface area contributed by atoms with Crippen molar-refractivity contribution in [1.82, 2.24) is 9.78 Å². The van der Waals surface area contributed by atoms with Crippen LogP contribution in [0.2, 0.25) is 0 Å². The van der Waals surface area contributed by atoms with E-state index in [-0.39, 0.29) is 0 Å². The van der Waals surface area contributed by atoms with Gasteiger partial charge in [0.2, 0.25) is 0 Å². The maximum Gasteiger partial charge on any atom is 0.0646 e. The largest absolute Gasteiger partial charge is 0.268 e. The van der Waals surface area contributed by atoms with Gasteiger partial charge in [0.1, 0.15) is 0 Å². The second kappa shape index (κ2) is 2.43. The molecule has 0 bridgehead atoms. The average molecular weight is 146 g/mol. The first-order valence-electron chi connectivity index (χ1n) is 3.91. The normalized spacial score (nSPS) is 17.4. The van der Waals surface area contributed by atoms with E-state index in [2.05, 4.69) is 11.0 Å². The third-order valence-corrected chi connectivity index (χ3v) is 2.22. The smallest absolute Gasteiger partial charge is 0.0646 e. The van der Waals surface area contributed by atoms with Crippen LogP contribution in [0.25, 0.3) is 0 Å². The zero-order chi connectivity index (χ0) is 7.68. The minimum absolute atomic E-state index is 0.622. The summed E-state index contributed by atoms with van der Waals surface area (Å²) in [5.41, 5.74) is 0.886. The number of nitrogens with zero attached hydrogens (tertiary/aromatic N) is 2. The van der Waals surface area contributed by atoms with Crippen LogP contribution in [0.1, 0.15) is 30.9 Å². The summed E-state index contributed by atoms with van der Waals surface area (Å²) in [7, 11) is 0. The van der Waals surface area contributed by atoms with Gasteiger partial charge < -0.3 is 0 Å². The second-order valence-corrected chi connectivity index (χ2v) is 2.94. The lowest BCUT2D eigenvalue weighted by Gasteiger charge is -2.25. The van der Waals surface area contributed by atoms with Gasteiger partial charge in [0.15, 0.2) is 0 Å². The fourth-order valence-electron chi connectivity index (χ4n) is 1.26. The van der Waals surface area contributed by atoms with Crippen molar-refractivity contribution in [3.8, 4) is 12.3 Å². The van der Waals surface area contributed by atoms with Gasteiger partial charge in [0.05, 0.1) is 17.8 Å². The molecule has 1 aliphatic carbocycles. The lowest BCUT2D eigenvalue weighted by atomic mass is 9.93. The van der Waals surface area contributed by atoms with Gasteiger partial charge in [-0.1, -0.05) is 5.92 Å². The highest BCUT2D eigenvalue weighted by Gasteiger charge is 2.19. The number of hydrogen-bond donors (Lipinski definition) is 0. The van der Waals surface area contributed by atoms with Crippen molar-refractivity contribution in [1.29, 1.82) is 0 Å². The molecule has 1 fully saturated rings. The number of hydrogen-bond acceptors (Lipinski definition) is 1. The summed E-state index contributed by atoms with van der Waals surface area (Å²) in [6.45, 7) is 0. The lowest BCUT2D eigenvalue weighted by molar-refractivity contribution is 0.289. The van der Waals surface area contributed by atoms with Gasteiger partial charge >= 0.3 is 0 Å². The van der Waals surface area contributed by atoms with Gasteiger partial charge in [-0.25, -0.2) is 0 Å². The van der Waals surface area contributed by atoms with Gasteiger partial charge in [0.25, 0.3) is 0 Å². The molecule has 1 aliphatic rings. The Kier molecular flexibility index (Phi) is 1.43. The quantitative estimate of drug-likeness (QED) is 0.550. The third kappa shape index (κ3) is 1.03. The van der Waals surface area contributed by atoms with Crippen molar-refractivity contribution in [2.75, 3.05) is 0 Å². The van der Waals surface area contributed by atoms with Crippen molar-refractivity contribution in [2.45, 2.75) is 25.3 Å². The molecular formula is C9H10N2. The van der Waals surface area contributed by atoms with E-state index in [9.17, 15) is 0 Å². The molecule has 11 heavy (non-hydrogen) atoms. The first kappa shape index (κ1) is 6.48. The molecule has 1 heterocycles. The number of terminal acetylenes is 1.